The van der Waals surface area contributed by atoms with Crippen molar-refractivity contribution in [2.24, 2.45) is 17.6 Å². The number of amides is 1. The van der Waals surface area contributed by atoms with Crippen LogP contribution in [0, 0.1) is 17.2 Å². The van der Waals surface area contributed by atoms with Crippen molar-refractivity contribution in [1.29, 1.82) is 5.41 Å². The summed E-state index contributed by atoms with van der Waals surface area (Å²) in [5.74, 6) is 0.749. The second-order valence-electron chi connectivity index (χ2n) is 8.53. The second kappa shape index (κ2) is 9.47. The van der Waals surface area contributed by atoms with Gasteiger partial charge in [-0.1, -0.05) is 24.6 Å². The lowest BCUT2D eigenvalue weighted by molar-refractivity contribution is 0.0995. The van der Waals surface area contributed by atoms with Crippen LogP contribution in [0.4, 0.5) is 17.2 Å². The van der Waals surface area contributed by atoms with E-state index in [1.807, 2.05) is 30.3 Å². The summed E-state index contributed by atoms with van der Waals surface area (Å²) in [4.78, 5) is 18.9. The number of carbonyl (C=O) groups excluding carboxylic acids is 1. The quantitative estimate of drug-likeness (QED) is 0.560. The summed E-state index contributed by atoms with van der Waals surface area (Å²) in [5.41, 5.74) is 9.00. The first-order chi connectivity index (χ1) is 15.1. The van der Waals surface area contributed by atoms with E-state index >= 15 is 0 Å². The predicted molar refractivity (Wildman–Crippen MR) is 123 cm³/mol. The highest BCUT2D eigenvalue weighted by Crippen LogP contribution is 2.38. The molecule has 164 valence electrons. The number of primary amides is 1. The summed E-state index contributed by atoms with van der Waals surface area (Å²) in [6.07, 6.45) is 5.23. The first-order valence-corrected chi connectivity index (χ1v) is 11.1. The molecular formula is C24H31N5O2. The van der Waals surface area contributed by atoms with Crippen molar-refractivity contribution in [2.45, 2.75) is 32.1 Å². The maximum Gasteiger partial charge on any atom is 0.267 e. The molecule has 1 saturated carbocycles. The molecule has 1 saturated heterocycles. The number of carbonyl (C=O) groups is 1. The molecule has 31 heavy (non-hydrogen) atoms. The van der Waals surface area contributed by atoms with Crippen LogP contribution in [-0.4, -0.2) is 43.4 Å². The molecule has 2 aliphatic rings. The maximum absolute atomic E-state index is 12.1. The molecular weight excluding hydrogens is 390 g/mol. The van der Waals surface area contributed by atoms with Crippen molar-refractivity contribution in [3.05, 3.63) is 47.7 Å². The Bertz CT molecular complexity index is 934. The number of hydrogen-bond acceptors (Lipinski definition) is 6. The summed E-state index contributed by atoms with van der Waals surface area (Å²) < 4.78 is 5.34. The van der Waals surface area contributed by atoms with Crippen LogP contribution in [0.2, 0.25) is 0 Å². The molecule has 4 N–H and O–H groups in total. The van der Waals surface area contributed by atoms with Gasteiger partial charge in [0.2, 0.25) is 0 Å². The molecule has 0 unspecified atom stereocenters. The van der Waals surface area contributed by atoms with Crippen LogP contribution in [0.15, 0.2) is 36.4 Å². The fourth-order valence-corrected chi connectivity index (χ4v) is 4.40. The zero-order chi connectivity index (χ0) is 21.8. The van der Waals surface area contributed by atoms with Gasteiger partial charge >= 0.3 is 0 Å². The van der Waals surface area contributed by atoms with Crippen LogP contribution in [0.25, 0.3) is 0 Å². The number of hydrogen-bond donors (Lipinski definition) is 3. The van der Waals surface area contributed by atoms with Gasteiger partial charge in [0.25, 0.3) is 5.91 Å². The van der Waals surface area contributed by atoms with Gasteiger partial charge in [0.15, 0.2) is 0 Å². The van der Waals surface area contributed by atoms with E-state index < -0.39 is 5.91 Å². The van der Waals surface area contributed by atoms with Gasteiger partial charge in [0.1, 0.15) is 11.5 Å². The maximum atomic E-state index is 12.1. The average Bonchev–Trinajstić information content (AvgIpc) is 2.73. The molecule has 7 heteroatoms. The predicted octanol–water partition coefficient (Wildman–Crippen LogP) is 3.95. The molecule has 2 fully saturated rings. The van der Waals surface area contributed by atoms with Crippen LogP contribution >= 0.6 is 0 Å². The number of nitrogens with two attached hydrogens (primary N) is 1. The number of pyridine rings is 1. The van der Waals surface area contributed by atoms with Gasteiger partial charge in [-0.3, -0.25) is 4.79 Å². The van der Waals surface area contributed by atoms with Crippen molar-refractivity contribution < 1.29 is 9.53 Å². The molecule has 0 atom stereocenters. The number of methoxy groups -OCH3 is 1. The highest BCUT2D eigenvalue weighted by molar-refractivity contribution is 6.10. The largest absolute Gasteiger partial charge is 0.384 e. The number of para-hydroxylation sites is 1. The first kappa shape index (κ1) is 21.3. The molecule has 1 amide bonds. The molecule has 0 radical (unpaired) electrons. The van der Waals surface area contributed by atoms with E-state index in [0.717, 1.165) is 68.7 Å². The average molecular weight is 422 g/mol. The Morgan fingerprint density at radius 1 is 1.23 bits per heavy atom. The molecule has 1 aliphatic carbocycles. The van der Waals surface area contributed by atoms with E-state index in [-0.39, 0.29) is 11.6 Å². The Labute approximate surface area is 183 Å². The number of piperidine rings is 1. The number of ether oxygens (including phenoxy) is 1. The zero-order valence-electron chi connectivity index (χ0n) is 18.1. The Kier molecular flexibility index (Phi) is 6.51. The van der Waals surface area contributed by atoms with Gasteiger partial charge in [0, 0.05) is 44.1 Å². The lowest BCUT2D eigenvalue weighted by Gasteiger charge is -2.36. The van der Waals surface area contributed by atoms with E-state index in [1.54, 1.807) is 13.2 Å². The van der Waals surface area contributed by atoms with Gasteiger partial charge in [-0.2, -0.15) is 0 Å². The van der Waals surface area contributed by atoms with E-state index in [2.05, 4.69) is 15.2 Å². The topological polar surface area (TPSA) is 104 Å². The van der Waals surface area contributed by atoms with Crippen molar-refractivity contribution >= 4 is 28.8 Å². The van der Waals surface area contributed by atoms with Crippen LogP contribution in [0.3, 0.4) is 0 Å². The number of benzene rings is 1. The number of nitrogens with zero attached hydrogens (tertiary/aromatic N) is 2. The lowest BCUT2D eigenvalue weighted by Crippen LogP contribution is -2.37. The molecule has 1 aromatic heterocycles. The Morgan fingerprint density at radius 2 is 1.94 bits per heavy atom. The molecule has 1 aliphatic heterocycles. The third kappa shape index (κ3) is 4.71. The minimum atomic E-state index is -0.562. The highest BCUT2D eigenvalue weighted by atomic mass is 16.5. The highest BCUT2D eigenvalue weighted by Gasteiger charge is 2.31. The number of aromatic nitrogens is 1. The van der Waals surface area contributed by atoms with Crippen molar-refractivity contribution in [1.82, 2.24) is 4.98 Å². The second-order valence-corrected chi connectivity index (χ2v) is 8.53. The van der Waals surface area contributed by atoms with Gasteiger partial charge < -0.3 is 26.1 Å². The fourth-order valence-electron chi connectivity index (χ4n) is 4.40. The van der Waals surface area contributed by atoms with E-state index in [0.29, 0.717) is 17.4 Å². The molecule has 7 nitrogen and oxygen atoms in total. The number of anilines is 3. The SMILES string of the molecule is COCC1CCN(c2cc(C(N)=O)nc(Nc3ccccc3)c2C(=N)C2CCC2)CC1. The van der Waals surface area contributed by atoms with Gasteiger partial charge in [0.05, 0.1) is 11.3 Å². The third-order valence-corrected chi connectivity index (χ3v) is 6.43. The third-order valence-electron chi connectivity index (χ3n) is 6.43. The Morgan fingerprint density at radius 3 is 2.52 bits per heavy atom. The number of rotatable bonds is 8. The molecule has 2 aromatic rings. The van der Waals surface area contributed by atoms with E-state index in [4.69, 9.17) is 15.9 Å². The molecule has 0 bridgehead atoms. The van der Waals surface area contributed by atoms with Gasteiger partial charge in [-0.05, 0) is 49.8 Å². The zero-order valence-corrected chi connectivity index (χ0v) is 18.1. The standard InChI is InChI=1S/C24H31N5O2/c1-31-15-16-10-12-29(13-11-16)20-14-19(23(26)30)28-24(27-18-8-3-2-4-9-18)21(20)22(25)17-6-5-7-17/h2-4,8-9,14,16-17,25H,5-7,10-13,15H2,1H3,(H2,26,30)(H,27,28). The van der Waals surface area contributed by atoms with Crippen LogP contribution in [-0.2, 0) is 4.74 Å². The minimum Gasteiger partial charge on any atom is -0.384 e. The van der Waals surface area contributed by atoms with Crippen molar-refractivity contribution in [3.63, 3.8) is 0 Å². The Hall–Kier alpha value is -2.93. The summed E-state index contributed by atoms with van der Waals surface area (Å²) in [7, 11) is 1.74. The Balaban J connectivity index is 1.75. The molecule has 0 spiro atoms. The van der Waals surface area contributed by atoms with Crippen LogP contribution in [0.5, 0.6) is 0 Å². The molecule has 1 aromatic carbocycles. The first-order valence-electron chi connectivity index (χ1n) is 11.1. The summed E-state index contributed by atoms with van der Waals surface area (Å²) in [6, 6.07) is 11.5. The lowest BCUT2D eigenvalue weighted by atomic mass is 9.79. The molecule has 4 rings (SSSR count). The smallest absolute Gasteiger partial charge is 0.267 e. The van der Waals surface area contributed by atoms with Gasteiger partial charge in [-0.25, -0.2) is 4.98 Å². The van der Waals surface area contributed by atoms with Crippen LogP contribution in [0.1, 0.15) is 48.2 Å². The minimum absolute atomic E-state index is 0.220. The van der Waals surface area contributed by atoms with Crippen LogP contribution < -0.4 is 16.0 Å². The molecule has 2 heterocycles. The van der Waals surface area contributed by atoms with Crippen molar-refractivity contribution in [3.8, 4) is 0 Å². The summed E-state index contributed by atoms with van der Waals surface area (Å²) in [5, 5.41) is 12.3. The summed E-state index contributed by atoms with van der Waals surface area (Å²) >= 11 is 0. The fraction of sp³-hybridized carbons (Fsp3) is 0.458. The normalized spacial score (nSPS) is 17.3. The number of nitrogens with one attached hydrogen (secondary N) is 2. The van der Waals surface area contributed by atoms with Gasteiger partial charge in [-0.15, -0.1) is 0 Å². The van der Waals surface area contributed by atoms with Crippen molar-refractivity contribution in [2.75, 3.05) is 37.0 Å². The summed E-state index contributed by atoms with van der Waals surface area (Å²) in [6.45, 7) is 2.47. The monoisotopic (exact) mass is 421 g/mol. The van der Waals surface area contributed by atoms with E-state index in [1.165, 1.54) is 0 Å². The van der Waals surface area contributed by atoms with E-state index in [9.17, 15) is 4.79 Å².